The molecule has 1 rings (SSSR count). The molecule has 8 nitrogen and oxygen atoms in total. The maximum atomic E-state index is 12.6. The Morgan fingerprint density at radius 1 is 1.43 bits per heavy atom. The number of hydrogen-bond donors (Lipinski definition) is 2. The summed E-state index contributed by atoms with van der Waals surface area (Å²) in [5.41, 5.74) is 1.85. The molecule has 1 unspecified atom stereocenters. The highest BCUT2D eigenvalue weighted by Crippen LogP contribution is 2.28. The molecule has 0 aliphatic rings. The van der Waals surface area contributed by atoms with Crippen LogP contribution in [0.5, 0.6) is 0 Å². The van der Waals surface area contributed by atoms with Crippen molar-refractivity contribution in [3.8, 4) is 0 Å². The Hall–Kier alpha value is -1.71. The van der Waals surface area contributed by atoms with Gasteiger partial charge in [0.1, 0.15) is 5.69 Å². The lowest BCUT2D eigenvalue weighted by atomic mass is 10.3. The van der Waals surface area contributed by atoms with E-state index in [1.54, 1.807) is 6.92 Å². The van der Waals surface area contributed by atoms with Crippen LogP contribution in [0.15, 0.2) is 23.1 Å². The lowest BCUT2D eigenvalue weighted by Crippen LogP contribution is -2.38. The molecule has 118 valence electrons. The number of nitro benzene ring substituents is 1. The Kier molecular flexibility index (Phi) is 5.64. The monoisotopic (exact) mass is 316 g/mol. The van der Waals surface area contributed by atoms with Gasteiger partial charge in [0.15, 0.2) is 0 Å². The first kappa shape index (κ1) is 17.3. The number of nitro groups is 1. The Labute approximate surface area is 124 Å². The summed E-state index contributed by atoms with van der Waals surface area (Å²) in [7, 11) is -3.72. The van der Waals surface area contributed by atoms with Crippen LogP contribution in [0.2, 0.25) is 0 Å². The second-order valence-electron chi connectivity index (χ2n) is 4.55. The Balaban J connectivity index is 3.35. The lowest BCUT2D eigenvalue weighted by Gasteiger charge is -2.26. The van der Waals surface area contributed by atoms with E-state index in [0.29, 0.717) is 13.0 Å². The van der Waals surface area contributed by atoms with Crippen molar-refractivity contribution in [1.29, 1.82) is 0 Å². The SMILES string of the molecule is CCC(C)N(CC)S(=O)(=O)c1ccc([N+](=O)[O-])c(NN)c1. The van der Waals surface area contributed by atoms with Crippen LogP contribution in [0, 0.1) is 10.1 Å². The molecule has 0 fully saturated rings. The fourth-order valence-electron chi connectivity index (χ4n) is 2.01. The summed E-state index contributed by atoms with van der Waals surface area (Å²) >= 11 is 0. The van der Waals surface area contributed by atoms with Crippen molar-refractivity contribution in [2.45, 2.75) is 38.1 Å². The number of rotatable bonds is 7. The highest BCUT2D eigenvalue weighted by molar-refractivity contribution is 7.89. The van der Waals surface area contributed by atoms with Crippen LogP contribution in [0.1, 0.15) is 27.2 Å². The van der Waals surface area contributed by atoms with Crippen LogP contribution < -0.4 is 11.3 Å². The first-order valence-corrected chi connectivity index (χ1v) is 8.00. The van der Waals surface area contributed by atoms with E-state index in [1.807, 2.05) is 13.8 Å². The van der Waals surface area contributed by atoms with Crippen molar-refractivity contribution in [3.63, 3.8) is 0 Å². The van der Waals surface area contributed by atoms with Gasteiger partial charge in [0.2, 0.25) is 10.0 Å². The molecule has 0 heterocycles. The van der Waals surface area contributed by atoms with Crippen LogP contribution >= 0.6 is 0 Å². The van der Waals surface area contributed by atoms with Crippen LogP contribution in [0.4, 0.5) is 11.4 Å². The molecular weight excluding hydrogens is 296 g/mol. The second-order valence-corrected chi connectivity index (χ2v) is 6.44. The van der Waals surface area contributed by atoms with Crippen LogP contribution in [0.3, 0.4) is 0 Å². The quantitative estimate of drug-likeness (QED) is 0.449. The van der Waals surface area contributed by atoms with Gasteiger partial charge in [-0.25, -0.2) is 8.42 Å². The predicted molar refractivity (Wildman–Crippen MR) is 80.2 cm³/mol. The first-order chi connectivity index (χ1) is 9.79. The molecule has 1 aromatic rings. The topological polar surface area (TPSA) is 119 Å². The number of nitrogens with one attached hydrogen (secondary N) is 1. The number of nitrogens with two attached hydrogens (primary N) is 1. The zero-order chi connectivity index (χ0) is 16.2. The van der Waals surface area contributed by atoms with Crippen molar-refractivity contribution in [2.75, 3.05) is 12.0 Å². The van der Waals surface area contributed by atoms with Crippen LogP contribution in [0.25, 0.3) is 0 Å². The second kappa shape index (κ2) is 6.83. The first-order valence-electron chi connectivity index (χ1n) is 6.56. The minimum absolute atomic E-state index is 0.0248. The number of nitrogens with zero attached hydrogens (tertiary/aromatic N) is 2. The molecule has 0 spiro atoms. The number of benzene rings is 1. The van der Waals surface area contributed by atoms with Gasteiger partial charge in [0, 0.05) is 18.7 Å². The van der Waals surface area contributed by atoms with Crippen LogP contribution in [-0.4, -0.2) is 30.2 Å². The normalized spacial score (nSPS) is 13.2. The molecule has 0 aliphatic heterocycles. The largest absolute Gasteiger partial charge is 0.318 e. The summed E-state index contributed by atoms with van der Waals surface area (Å²) < 4.78 is 26.6. The molecule has 0 aliphatic carbocycles. The van der Waals surface area contributed by atoms with E-state index in [-0.39, 0.29) is 22.3 Å². The van der Waals surface area contributed by atoms with E-state index in [2.05, 4.69) is 5.43 Å². The van der Waals surface area contributed by atoms with E-state index in [4.69, 9.17) is 5.84 Å². The molecule has 0 radical (unpaired) electrons. The molecule has 0 saturated carbocycles. The van der Waals surface area contributed by atoms with E-state index in [9.17, 15) is 18.5 Å². The molecule has 0 aromatic heterocycles. The van der Waals surface area contributed by atoms with E-state index in [0.717, 1.165) is 6.07 Å². The van der Waals surface area contributed by atoms with Crippen LogP contribution in [-0.2, 0) is 10.0 Å². The van der Waals surface area contributed by atoms with Gasteiger partial charge in [0.25, 0.3) is 5.69 Å². The number of anilines is 1. The predicted octanol–water partition coefficient (Wildman–Crippen LogP) is 1.69. The third-order valence-corrected chi connectivity index (χ3v) is 5.41. The zero-order valence-corrected chi connectivity index (χ0v) is 13.1. The maximum absolute atomic E-state index is 12.6. The molecule has 0 bridgehead atoms. The number of sulfonamides is 1. The average molecular weight is 316 g/mol. The molecule has 9 heteroatoms. The number of hydrogen-bond acceptors (Lipinski definition) is 6. The van der Waals surface area contributed by atoms with Gasteiger partial charge in [-0.2, -0.15) is 4.31 Å². The van der Waals surface area contributed by atoms with Gasteiger partial charge >= 0.3 is 0 Å². The van der Waals surface area contributed by atoms with E-state index < -0.39 is 14.9 Å². The average Bonchev–Trinajstić information content (AvgIpc) is 2.46. The van der Waals surface area contributed by atoms with Crippen molar-refractivity contribution in [1.82, 2.24) is 4.31 Å². The molecule has 1 atom stereocenters. The van der Waals surface area contributed by atoms with Crippen molar-refractivity contribution >= 4 is 21.4 Å². The number of nitrogen functional groups attached to an aromatic ring is 1. The molecule has 1 aromatic carbocycles. The molecule has 0 saturated heterocycles. The highest BCUT2D eigenvalue weighted by atomic mass is 32.2. The Morgan fingerprint density at radius 3 is 2.48 bits per heavy atom. The maximum Gasteiger partial charge on any atom is 0.293 e. The van der Waals surface area contributed by atoms with Gasteiger partial charge in [-0.3, -0.25) is 16.0 Å². The fourth-order valence-corrected chi connectivity index (χ4v) is 3.75. The standard InChI is InChI=1S/C12H20N4O4S/c1-4-9(3)15(5-2)21(19,20)10-6-7-12(16(17)18)11(8-10)14-13/h6-9,14H,4-5,13H2,1-3H3. The van der Waals surface area contributed by atoms with Gasteiger partial charge in [-0.15, -0.1) is 0 Å². The lowest BCUT2D eigenvalue weighted by molar-refractivity contribution is -0.384. The van der Waals surface area contributed by atoms with Gasteiger partial charge in [-0.1, -0.05) is 13.8 Å². The summed E-state index contributed by atoms with van der Waals surface area (Å²) in [5.74, 6) is 5.23. The van der Waals surface area contributed by atoms with Gasteiger partial charge in [-0.05, 0) is 25.5 Å². The molecule has 3 N–H and O–H groups in total. The van der Waals surface area contributed by atoms with Crippen molar-refractivity contribution in [2.24, 2.45) is 5.84 Å². The third-order valence-electron chi connectivity index (χ3n) is 3.32. The van der Waals surface area contributed by atoms with Gasteiger partial charge < -0.3 is 5.43 Å². The Bertz CT molecular complexity index is 618. The van der Waals surface area contributed by atoms with Crippen molar-refractivity contribution in [3.05, 3.63) is 28.3 Å². The summed E-state index contributed by atoms with van der Waals surface area (Å²) in [5, 5.41) is 10.8. The minimum atomic E-state index is -3.72. The fraction of sp³-hybridized carbons (Fsp3) is 0.500. The summed E-state index contributed by atoms with van der Waals surface area (Å²) in [6.07, 6.45) is 0.669. The van der Waals surface area contributed by atoms with E-state index >= 15 is 0 Å². The smallest absolute Gasteiger partial charge is 0.293 e. The number of hydrazine groups is 1. The molecular formula is C12H20N4O4S. The summed E-state index contributed by atoms with van der Waals surface area (Å²) in [6.45, 7) is 5.77. The minimum Gasteiger partial charge on any atom is -0.318 e. The zero-order valence-electron chi connectivity index (χ0n) is 12.2. The highest BCUT2D eigenvalue weighted by Gasteiger charge is 2.28. The Morgan fingerprint density at radius 2 is 2.05 bits per heavy atom. The third kappa shape index (κ3) is 3.49. The summed E-state index contributed by atoms with van der Waals surface area (Å²) in [6, 6.07) is 3.37. The van der Waals surface area contributed by atoms with Gasteiger partial charge in [0.05, 0.1) is 9.82 Å². The molecule has 0 amide bonds. The molecule has 21 heavy (non-hydrogen) atoms. The van der Waals surface area contributed by atoms with Crippen molar-refractivity contribution < 1.29 is 13.3 Å². The van der Waals surface area contributed by atoms with E-state index in [1.165, 1.54) is 16.4 Å². The summed E-state index contributed by atoms with van der Waals surface area (Å²) in [4.78, 5) is 10.2.